The van der Waals surface area contributed by atoms with Crippen molar-refractivity contribution in [3.63, 3.8) is 0 Å². The Bertz CT molecular complexity index is 596. The fourth-order valence-electron chi connectivity index (χ4n) is 1.62. The third kappa shape index (κ3) is 2.18. The van der Waals surface area contributed by atoms with E-state index in [1.807, 2.05) is 6.92 Å². The van der Waals surface area contributed by atoms with Gasteiger partial charge in [0.15, 0.2) is 0 Å². The molecule has 0 amide bonds. The number of aryl methyl sites for hydroxylation is 1. The summed E-state index contributed by atoms with van der Waals surface area (Å²) in [6.45, 7) is 1.83. The minimum atomic E-state index is -0.410. The highest BCUT2D eigenvalue weighted by Gasteiger charge is 2.15. The standard InChI is InChI=1S/C12H11FN2O2/c1-2-9-10(15-12(17)14-9)11(16)7-3-5-8(13)6-4-7/h3-6H,2H2,1H3,(H2,14,15,17). The average molecular weight is 234 g/mol. The van der Waals surface area contributed by atoms with Gasteiger partial charge in [0.1, 0.15) is 11.5 Å². The maximum Gasteiger partial charge on any atom is 0.323 e. The van der Waals surface area contributed by atoms with E-state index in [-0.39, 0.29) is 11.5 Å². The van der Waals surface area contributed by atoms with Crippen molar-refractivity contribution in [3.05, 3.63) is 57.5 Å². The molecule has 0 aliphatic heterocycles. The molecule has 1 aromatic heterocycles. The lowest BCUT2D eigenvalue weighted by molar-refractivity contribution is 0.103. The lowest BCUT2D eigenvalue weighted by Gasteiger charge is -2.00. The predicted molar refractivity (Wildman–Crippen MR) is 60.6 cm³/mol. The van der Waals surface area contributed by atoms with Gasteiger partial charge in [-0.2, -0.15) is 0 Å². The van der Waals surface area contributed by atoms with Crippen molar-refractivity contribution >= 4 is 5.78 Å². The number of rotatable bonds is 3. The normalized spacial score (nSPS) is 10.5. The zero-order valence-corrected chi connectivity index (χ0v) is 9.21. The van der Waals surface area contributed by atoms with Gasteiger partial charge in [0.2, 0.25) is 5.78 Å². The highest BCUT2D eigenvalue weighted by Crippen LogP contribution is 2.11. The number of imidazole rings is 1. The highest BCUT2D eigenvalue weighted by atomic mass is 19.1. The van der Waals surface area contributed by atoms with E-state index in [2.05, 4.69) is 9.97 Å². The van der Waals surface area contributed by atoms with E-state index in [0.29, 0.717) is 17.7 Å². The lowest BCUT2D eigenvalue weighted by atomic mass is 10.1. The van der Waals surface area contributed by atoms with E-state index >= 15 is 0 Å². The molecule has 0 saturated carbocycles. The zero-order chi connectivity index (χ0) is 12.4. The molecule has 1 heterocycles. The molecular weight excluding hydrogens is 223 g/mol. The second kappa shape index (κ2) is 4.37. The number of benzene rings is 1. The molecule has 4 nitrogen and oxygen atoms in total. The summed E-state index contributed by atoms with van der Waals surface area (Å²) in [6, 6.07) is 5.21. The van der Waals surface area contributed by atoms with Crippen molar-refractivity contribution in [2.45, 2.75) is 13.3 Å². The van der Waals surface area contributed by atoms with Crippen LogP contribution < -0.4 is 5.69 Å². The van der Waals surface area contributed by atoms with Gasteiger partial charge >= 0.3 is 5.69 Å². The van der Waals surface area contributed by atoms with Crippen LogP contribution in [0.4, 0.5) is 4.39 Å². The maximum atomic E-state index is 12.7. The summed E-state index contributed by atoms with van der Waals surface area (Å²) >= 11 is 0. The van der Waals surface area contributed by atoms with Crippen LogP contribution in [0.15, 0.2) is 29.1 Å². The number of aromatic nitrogens is 2. The first-order valence-corrected chi connectivity index (χ1v) is 5.23. The summed E-state index contributed by atoms with van der Waals surface area (Å²) in [5.74, 6) is -0.722. The van der Waals surface area contributed by atoms with E-state index in [0.717, 1.165) is 0 Å². The molecule has 0 aliphatic carbocycles. The van der Waals surface area contributed by atoms with Gasteiger partial charge < -0.3 is 9.97 Å². The van der Waals surface area contributed by atoms with Crippen molar-refractivity contribution in [1.82, 2.24) is 9.97 Å². The smallest absolute Gasteiger partial charge is 0.309 e. The van der Waals surface area contributed by atoms with Crippen LogP contribution in [0, 0.1) is 5.82 Å². The van der Waals surface area contributed by atoms with E-state index in [1.54, 1.807) is 0 Å². The first-order chi connectivity index (χ1) is 8.11. The van der Waals surface area contributed by atoms with Crippen LogP contribution in [0.25, 0.3) is 0 Å². The van der Waals surface area contributed by atoms with Crippen LogP contribution in [-0.2, 0) is 6.42 Å². The largest absolute Gasteiger partial charge is 0.323 e. The number of carbonyl (C=O) groups excluding carboxylic acids is 1. The molecule has 17 heavy (non-hydrogen) atoms. The second-order valence-corrected chi connectivity index (χ2v) is 3.62. The third-order valence-electron chi connectivity index (χ3n) is 2.49. The fraction of sp³-hybridized carbons (Fsp3) is 0.167. The molecule has 1 aromatic carbocycles. The van der Waals surface area contributed by atoms with Crippen molar-refractivity contribution in [1.29, 1.82) is 0 Å². The molecule has 2 rings (SSSR count). The number of halogens is 1. The van der Waals surface area contributed by atoms with Gasteiger partial charge in [0.25, 0.3) is 0 Å². The monoisotopic (exact) mass is 234 g/mol. The van der Waals surface area contributed by atoms with E-state index in [4.69, 9.17) is 0 Å². The minimum absolute atomic E-state index is 0.240. The van der Waals surface area contributed by atoms with Gasteiger partial charge in [-0.3, -0.25) is 4.79 Å². The molecule has 2 N–H and O–H groups in total. The molecule has 0 aliphatic rings. The first-order valence-electron chi connectivity index (χ1n) is 5.23. The minimum Gasteiger partial charge on any atom is -0.309 e. The molecule has 0 fully saturated rings. The topological polar surface area (TPSA) is 65.7 Å². The summed E-state index contributed by atoms with van der Waals surface area (Å²) in [6.07, 6.45) is 0.543. The molecular formula is C12H11FN2O2. The molecule has 0 radical (unpaired) electrons. The van der Waals surface area contributed by atoms with Crippen LogP contribution >= 0.6 is 0 Å². The number of H-pyrrole nitrogens is 2. The second-order valence-electron chi connectivity index (χ2n) is 3.62. The molecule has 0 bridgehead atoms. The molecule has 0 spiro atoms. The number of carbonyl (C=O) groups is 1. The van der Waals surface area contributed by atoms with Crippen molar-refractivity contribution < 1.29 is 9.18 Å². The average Bonchev–Trinajstić information content (AvgIpc) is 2.70. The Morgan fingerprint density at radius 3 is 2.47 bits per heavy atom. The number of ketones is 1. The van der Waals surface area contributed by atoms with E-state index in [9.17, 15) is 14.0 Å². The molecule has 0 atom stereocenters. The number of aromatic amines is 2. The van der Waals surface area contributed by atoms with E-state index in [1.165, 1.54) is 24.3 Å². The Balaban J connectivity index is 2.43. The fourth-order valence-corrected chi connectivity index (χ4v) is 1.62. The predicted octanol–water partition coefficient (Wildman–Crippen LogP) is 1.64. The van der Waals surface area contributed by atoms with Crippen molar-refractivity contribution in [3.8, 4) is 0 Å². The van der Waals surface area contributed by atoms with E-state index < -0.39 is 11.5 Å². The Morgan fingerprint density at radius 2 is 1.88 bits per heavy atom. The van der Waals surface area contributed by atoms with Crippen LogP contribution in [0.2, 0.25) is 0 Å². The highest BCUT2D eigenvalue weighted by molar-refractivity contribution is 6.08. The Morgan fingerprint density at radius 1 is 1.24 bits per heavy atom. The quantitative estimate of drug-likeness (QED) is 0.793. The summed E-state index contributed by atoms with van der Waals surface area (Å²) in [5, 5.41) is 0. The zero-order valence-electron chi connectivity index (χ0n) is 9.21. The van der Waals surface area contributed by atoms with Gasteiger partial charge in [-0.25, -0.2) is 9.18 Å². The van der Waals surface area contributed by atoms with Crippen LogP contribution in [0.5, 0.6) is 0 Å². The van der Waals surface area contributed by atoms with Gasteiger partial charge in [0, 0.05) is 11.3 Å². The molecule has 2 aromatic rings. The van der Waals surface area contributed by atoms with Crippen molar-refractivity contribution in [2.24, 2.45) is 0 Å². The Kier molecular flexibility index (Phi) is 2.91. The number of nitrogens with one attached hydrogen (secondary N) is 2. The SMILES string of the molecule is CCc1[nH]c(=O)[nH]c1C(=O)c1ccc(F)cc1. The number of hydrogen-bond donors (Lipinski definition) is 2. The third-order valence-corrected chi connectivity index (χ3v) is 2.49. The summed E-state index contributed by atoms with van der Waals surface area (Å²) in [7, 11) is 0. The molecule has 5 heteroatoms. The summed E-state index contributed by atoms with van der Waals surface area (Å²) in [4.78, 5) is 28.2. The molecule has 0 unspecified atom stereocenters. The maximum absolute atomic E-state index is 12.7. The molecule has 0 saturated heterocycles. The van der Waals surface area contributed by atoms with Gasteiger partial charge in [-0.1, -0.05) is 6.92 Å². The van der Waals surface area contributed by atoms with Gasteiger partial charge in [-0.15, -0.1) is 0 Å². The van der Waals surface area contributed by atoms with Crippen LogP contribution in [0.1, 0.15) is 28.7 Å². The first kappa shape index (κ1) is 11.3. The van der Waals surface area contributed by atoms with Crippen molar-refractivity contribution in [2.75, 3.05) is 0 Å². The Labute approximate surface area is 96.5 Å². The summed E-state index contributed by atoms with van der Waals surface area (Å²) < 4.78 is 12.7. The van der Waals surface area contributed by atoms with Crippen LogP contribution in [0.3, 0.4) is 0 Å². The van der Waals surface area contributed by atoms with Gasteiger partial charge in [0.05, 0.1) is 0 Å². The number of hydrogen-bond acceptors (Lipinski definition) is 2. The lowest BCUT2D eigenvalue weighted by Crippen LogP contribution is -2.07. The van der Waals surface area contributed by atoms with Crippen LogP contribution in [-0.4, -0.2) is 15.8 Å². The molecule has 88 valence electrons. The summed E-state index contributed by atoms with van der Waals surface area (Å²) in [5.41, 5.74) is 0.733. The Hall–Kier alpha value is -2.17. The van der Waals surface area contributed by atoms with Gasteiger partial charge in [-0.05, 0) is 30.7 Å².